The molecule has 0 saturated heterocycles. The molecule has 7 nitrogen and oxygen atoms in total. The second kappa shape index (κ2) is 8.26. The van der Waals surface area contributed by atoms with Crippen molar-refractivity contribution < 1.29 is 14.0 Å². The fourth-order valence-corrected chi connectivity index (χ4v) is 2.89. The Hall–Kier alpha value is -4.13. The van der Waals surface area contributed by atoms with Crippen molar-refractivity contribution in [2.24, 2.45) is 0 Å². The van der Waals surface area contributed by atoms with Crippen LogP contribution in [0, 0.1) is 0 Å². The lowest BCUT2D eigenvalue weighted by molar-refractivity contribution is 0.0996. The van der Waals surface area contributed by atoms with Crippen LogP contribution in [0.25, 0.3) is 0 Å². The highest BCUT2D eigenvalue weighted by molar-refractivity contribution is 6.11. The SMILES string of the molecule is O=C(Nc1ccccc1C(=O)Nc1ccnn1Cc1ccccc1)c1ccco1. The summed E-state index contributed by atoms with van der Waals surface area (Å²) >= 11 is 0. The number of carbonyl (C=O) groups excluding carboxylic acids is 2. The van der Waals surface area contributed by atoms with Gasteiger partial charge >= 0.3 is 0 Å². The number of furan rings is 1. The van der Waals surface area contributed by atoms with Gasteiger partial charge in [0.15, 0.2) is 5.76 Å². The maximum atomic E-state index is 12.9. The Morgan fingerprint density at radius 2 is 1.66 bits per heavy atom. The molecule has 0 fully saturated rings. The first kappa shape index (κ1) is 18.2. The molecule has 4 rings (SSSR count). The van der Waals surface area contributed by atoms with Gasteiger partial charge in [-0.25, -0.2) is 4.68 Å². The third kappa shape index (κ3) is 4.24. The fraction of sp³-hybridized carbons (Fsp3) is 0.0455. The molecule has 4 aromatic rings. The maximum absolute atomic E-state index is 12.9. The Morgan fingerprint density at radius 3 is 2.45 bits per heavy atom. The van der Waals surface area contributed by atoms with E-state index < -0.39 is 5.91 Å². The van der Waals surface area contributed by atoms with Crippen LogP contribution >= 0.6 is 0 Å². The summed E-state index contributed by atoms with van der Waals surface area (Å²) < 4.78 is 6.81. The first-order chi connectivity index (χ1) is 14.2. The summed E-state index contributed by atoms with van der Waals surface area (Å²) in [7, 11) is 0. The minimum atomic E-state index is -0.427. The lowest BCUT2D eigenvalue weighted by atomic mass is 10.1. The Morgan fingerprint density at radius 1 is 0.862 bits per heavy atom. The molecule has 7 heteroatoms. The van der Waals surface area contributed by atoms with Crippen molar-refractivity contribution in [3.05, 3.63) is 102 Å². The van der Waals surface area contributed by atoms with Gasteiger partial charge < -0.3 is 15.1 Å². The molecular weight excluding hydrogens is 368 g/mol. The molecule has 0 aliphatic heterocycles. The highest BCUT2D eigenvalue weighted by atomic mass is 16.3. The zero-order valence-corrected chi connectivity index (χ0v) is 15.4. The van der Waals surface area contributed by atoms with Gasteiger partial charge in [-0.05, 0) is 29.8 Å². The van der Waals surface area contributed by atoms with Crippen molar-refractivity contribution in [1.82, 2.24) is 9.78 Å². The molecular formula is C22H18N4O3. The monoisotopic (exact) mass is 386 g/mol. The number of para-hydroxylation sites is 1. The Labute approximate surface area is 167 Å². The van der Waals surface area contributed by atoms with Crippen molar-refractivity contribution in [2.45, 2.75) is 6.54 Å². The summed E-state index contributed by atoms with van der Waals surface area (Å²) in [4.78, 5) is 25.2. The maximum Gasteiger partial charge on any atom is 0.291 e. The molecule has 0 aliphatic rings. The fourth-order valence-electron chi connectivity index (χ4n) is 2.89. The topological polar surface area (TPSA) is 89.2 Å². The first-order valence-corrected chi connectivity index (χ1v) is 9.02. The number of hydrogen-bond donors (Lipinski definition) is 2. The number of nitrogens with zero attached hydrogens (tertiary/aromatic N) is 2. The lowest BCUT2D eigenvalue weighted by Crippen LogP contribution is -2.19. The highest BCUT2D eigenvalue weighted by Gasteiger charge is 2.16. The van der Waals surface area contributed by atoms with E-state index in [2.05, 4.69) is 15.7 Å². The molecule has 0 radical (unpaired) electrons. The van der Waals surface area contributed by atoms with E-state index >= 15 is 0 Å². The molecule has 2 heterocycles. The minimum Gasteiger partial charge on any atom is -0.459 e. The number of nitrogens with one attached hydrogen (secondary N) is 2. The summed E-state index contributed by atoms with van der Waals surface area (Å²) in [6.07, 6.45) is 3.05. The Kier molecular flexibility index (Phi) is 5.20. The van der Waals surface area contributed by atoms with Gasteiger partial charge in [0.25, 0.3) is 11.8 Å². The summed E-state index contributed by atoms with van der Waals surface area (Å²) in [5, 5.41) is 9.86. The number of anilines is 2. The van der Waals surface area contributed by atoms with Gasteiger partial charge in [0.1, 0.15) is 5.82 Å². The van der Waals surface area contributed by atoms with Gasteiger partial charge in [-0.2, -0.15) is 5.10 Å². The zero-order chi connectivity index (χ0) is 20.1. The van der Waals surface area contributed by atoms with Crippen molar-refractivity contribution >= 4 is 23.3 Å². The van der Waals surface area contributed by atoms with Gasteiger partial charge in [-0.15, -0.1) is 0 Å². The van der Waals surface area contributed by atoms with Crippen LogP contribution in [0.5, 0.6) is 0 Å². The van der Waals surface area contributed by atoms with Crippen LogP contribution in [-0.2, 0) is 6.54 Å². The quantitative estimate of drug-likeness (QED) is 0.524. The largest absolute Gasteiger partial charge is 0.459 e. The molecule has 144 valence electrons. The molecule has 29 heavy (non-hydrogen) atoms. The number of rotatable bonds is 6. The molecule has 0 atom stereocenters. The van der Waals surface area contributed by atoms with Crippen LogP contribution in [0.1, 0.15) is 26.5 Å². The van der Waals surface area contributed by atoms with Crippen LogP contribution in [0.15, 0.2) is 89.7 Å². The highest BCUT2D eigenvalue weighted by Crippen LogP contribution is 2.19. The molecule has 0 spiro atoms. The average Bonchev–Trinajstić information content (AvgIpc) is 3.42. The normalized spacial score (nSPS) is 10.5. The first-order valence-electron chi connectivity index (χ1n) is 9.02. The van der Waals surface area contributed by atoms with Crippen molar-refractivity contribution in [2.75, 3.05) is 10.6 Å². The number of amides is 2. The molecule has 2 N–H and O–H groups in total. The zero-order valence-electron chi connectivity index (χ0n) is 15.4. The van der Waals surface area contributed by atoms with Crippen molar-refractivity contribution in [3.63, 3.8) is 0 Å². The molecule has 0 saturated carbocycles. The van der Waals surface area contributed by atoms with E-state index in [1.807, 2.05) is 30.3 Å². The predicted molar refractivity (Wildman–Crippen MR) is 109 cm³/mol. The van der Waals surface area contributed by atoms with Gasteiger partial charge in [0, 0.05) is 6.07 Å². The standard InChI is InChI=1S/C22H18N4O3/c27-21(25-20-12-13-23-26(20)15-16-7-2-1-3-8-16)17-9-4-5-10-18(17)24-22(28)19-11-6-14-29-19/h1-14H,15H2,(H,24,28)(H,25,27). The number of benzene rings is 2. The van der Waals surface area contributed by atoms with E-state index in [0.717, 1.165) is 5.56 Å². The Balaban J connectivity index is 1.51. The van der Waals surface area contributed by atoms with Crippen LogP contribution in [0.4, 0.5) is 11.5 Å². The third-order valence-electron chi connectivity index (χ3n) is 4.30. The smallest absolute Gasteiger partial charge is 0.291 e. The third-order valence-corrected chi connectivity index (χ3v) is 4.30. The van der Waals surface area contributed by atoms with Gasteiger partial charge in [0.2, 0.25) is 0 Å². The van der Waals surface area contributed by atoms with Crippen LogP contribution in [-0.4, -0.2) is 21.6 Å². The number of hydrogen-bond acceptors (Lipinski definition) is 4. The van der Waals surface area contributed by atoms with Gasteiger partial charge in [-0.1, -0.05) is 42.5 Å². The van der Waals surface area contributed by atoms with E-state index in [1.165, 1.54) is 6.26 Å². The lowest BCUT2D eigenvalue weighted by Gasteiger charge is -2.12. The van der Waals surface area contributed by atoms with Crippen molar-refractivity contribution in [1.29, 1.82) is 0 Å². The molecule has 0 bridgehead atoms. The van der Waals surface area contributed by atoms with E-state index in [1.54, 1.807) is 53.3 Å². The summed E-state index contributed by atoms with van der Waals surface area (Å²) in [5.41, 5.74) is 1.79. The summed E-state index contributed by atoms with van der Waals surface area (Å²) in [6.45, 7) is 0.528. The van der Waals surface area contributed by atoms with E-state index in [9.17, 15) is 9.59 Å². The van der Waals surface area contributed by atoms with Gasteiger partial charge in [0.05, 0.1) is 30.3 Å². The number of aromatic nitrogens is 2. The molecule has 2 amide bonds. The Bertz CT molecular complexity index is 1120. The molecule has 0 aliphatic carbocycles. The second-order valence-electron chi connectivity index (χ2n) is 6.29. The minimum absolute atomic E-state index is 0.168. The molecule has 2 aromatic carbocycles. The van der Waals surface area contributed by atoms with E-state index in [4.69, 9.17) is 4.42 Å². The van der Waals surface area contributed by atoms with E-state index in [0.29, 0.717) is 23.6 Å². The summed E-state index contributed by atoms with van der Waals surface area (Å²) in [6, 6.07) is 21.5. The van der Waals surface area contributed by atoms with Gasteiger partial charge in [-0.3, -0.25) is 9.59 Å². The van der Waals surface area contributed by atoms with Crippen molar-refractivity contribution in [3.8, 4) is 0 Å². The molecule has 2 aromatic heterocycles. The summed E-state index contributed by atoms with van der Waals surface area (Å²) in [5.74, 6) is -0.0494. The van der Waals surface area contributed by atoms with Crippen LogP contribution in [0.3, 0.4) is 0 Å². The van der Waals surface area contributed by atoms with Crippen LogP contribution < -0.4 is 10.6 Å². The van der Waals surface area contributed by atoms with Crippen LogP contribution in [0.2, 0.25) is 0 Å². The average molecular weight is 386 g/mol. The molecule has 0 unspecified atom stereocenters. The second-order valence-corrected chi connectivity index (χ2v) is 6.29. The predicted octanol–water partition coefficient (Wildman–Crippen LogP) is 4.03. The van der Waals surface area contributed by atoms with E-state index in [-0.39, 0.29) is 11.7 Å². The number of carbonyl (C=O) groups is 2.